The number of amides is 2. The van der Waals surface area contributed by atoms with Crippen LogP contribution in [0.15, 0.2) is 65.1 Å². The summed E-state index contributed by atoms with van der Waals surface area (Å²) in [6, 6.07) is 19.0. The third kappa shape index (κ3) is 4.80. The van der Waals surface area contributed by atoms with Crippen LogP contribution in [-0.2, 0) is 9.59 Å². The van der Waals surface area contributed by atoms with Crippen LogP contribution in [0.25, 0.3) is 11.0 Å². The van der Waals surface area contributed by atoms with Gasteiger partial charge >= 0.3 is 0 Å². The van der Waals surface area contributed by atoms with E-state index in [4.69, 9.17) is 4.42 Å². The van der Waals surface area contributed by atoms with E-state index in [-0.39, 0.29) is 24.3 Å². The maximum atomic E-state index is 12.5. The van der Waals surface area contributed by atoms with E-state index in [0.717, 1.165) is 16.5 Å². The average molecular weight is 378 g/mol. The molecule has 0 fully saturated rings. The summed E-state index contributed by atoms with van der Waals surface area (Å²) >= 11 is 0. The molecule has 0 saturated carbocycles. The summed E-state index contributed by atoms with van der Waals surface area (Å²) in [7, 11) is 0. The standard InChI is InChI=1S/C23H26N2O3/c1-23(2,3)22(27)24-14-13-20(26)25-21(16-9-5-4-6-10-16)19-15-17-11-7-8-12-18(17)28-19/h4-12,15,21H,13-14H2,1-3H3,(H,24,27)(H,25,26). The quantitative estimate of drug-likeness (QED) is 0.676. The summed E-state index contributed by atoms with van der Waals surface area (Å²) in [6.07, 6.45) is 0.200. The Morgan fingerprint density at radius 3 is 2.36 bits per heavy atom. The maximum absolute atomic E-state index is 12.5. The minimum atomic E-state index is -0.475. The zero-order chi connectivity index (χ0) is 20.1. The average Bonchev–Trinajstić information content (AvgIpc) is 3.09. The second-order valence-electron chi connectivity index (χ2n) is 7.85. The Morgan fingerprint density at radius 2 is 1.68 bits per heavy atom. The molecule has 0 bridgehead atoms. The smallest absolute Gasteiger partial charge is 0.225 e. The molecule has 28 heavy (non-hydrogen) atoms. The van der Waals surface area contributed by atoms with Gasteiger partial charge in [0.25, 0.3) is 0 Å². The summed E-state index contributed by atoms with van der Waals surface area (Å²) in [5.74, 6) is 0.459. The van der Waals surface area contributed by atoms with E-state index in [1.165, 1.54) is 0 Å². The Labute approximate surface area is 165 Å². The molecule has 0 aliphatic heterocycles. The Balaban J connectivity index is 1.73. The van der Waals surface area contributed by atoms with E-state index in [0.29, 0.717) is 12.3 Å². The topological polar surface area (TPSA) is 71.3 Å². The second-order valence-corrected chi connectivity index (χ2v) is 7.85. The van der Waals surface area contributed by atoms with Gasteiger partial charge in [-0.2, -0.15) is 0 Å². The molecule has 0 saturated heterocycles. The van der Waals surface area contributed by atoms with E-state index >= 15 is 0 Å². The molecule has 2 N–H and O–H groups in total. The first-order chi connectivity index (χ1) is 13.3. The summed E-state index contributed by atoms with van der Waals surface area (Å²) in [4.78, 5) is 24.5. The normalized spacial score (nSPS) is 12.5. The molecule has 1 aromatic heterocycles. The molecule has 3 rings (SSSR count). The number of hydrogen-bond donors (Lipinski definition) is 2. The largest absolute Gasteiger partial charge is 0.459 e. The van der Waals surface area contributed by atoms with Crippen molar-refractivity contribution in [1.29, 1.82) is 0 Å². The fourth-order valence-corrected chi connectivity index (χ4v) is 2.90. The Hall–Kier alpha value is -3.08. The highest BCUT2D eigenvalue weighted by Gasteiger charge is 2.23. The van der Waals surface area contributed by atoms with Crippen molar-refractivity contribution in [3.8, 4) is 0 Å². The van der Waals surface area contributed by atoms with Gasteiger partial charge < -0.3 is 15.1 Å². The van der Waals surface area contributed by atoms with Gasteiger partial charge in [0.15, 0.2) is 0 Å². The van der Waals surface area contributed by atoms with Crippen LogP contribution in [0.3, 0.4) is 0 Å². The zero-order valence-electron chi connectivity index (χ0n) is 16.5. The van der Waals surface area contributed by atoms with Gasteiger partial charge in [-0.3, -0.25) is 9.59 Å². The number of nitrogens with one attached hydrogen (secondary N) is 2. The number of para-hydroxylation sites is 1. The van der Waals surface area contributed by atoms with Gasteiger partial charge in [0.2, 0.25) is 11.8 Å². The predicted molar refractivity (Wildman–Crippen MR) is 110 cm³/mol. The number of carbonyl (C=O) groups excluding carboxylic acids is 2. The number of furan rings is 1. The van der Waals surface area contributed by atoms with Gasteiger partial charge in [0.05, 0.1) is 0 Å². The summed E-state index contributed by atoms with van der Waals surface area (Å²) in [6.45, 7) is 5.82. The molecule has 5 heteroatoms. The molecule has 1 heterocycles. The molecule has 0 radical (unpaired) electrons. The fraction of sp³-hybridized carbons (Fsp3) is 0.304. The predicted octanol–water partition coefficient (Wildman–Crippen LogP) is 4.19. The first-order valence-corrected chi connectivity index (χ1v) is 9.46. The van der Waals surface area contributed by atoms with Crippen LogP contribution in [0.4, 0.5) is 0 Å². The van der Waals surface area contributed by atoms with Crippen molar-refractivity contribution in [1.82, 2.24) is 10.6 Å². The number of fused-ring (bicyclic) bond motifs is 1. The minimum absolute atomic E-state index is 0.0720. The number of benzene rings is 2. The third-order valence-corrected chi connectivity index (χ3v) is 4.49. The van der Waals surface area contributed by atoms with Crippen molar-refractivity contribution in [2.75, 3.05) is 6.54 Å². The molecule has 0 aliphatic carbocycles. The lowest BCUT2D eigenvalue weighted by atomic mass is 9.96. The van der Waals surface area contributed by atoms with Gasteiger partial charge in [-0.1, -0.05) is 69.3 Å². The third-order valence-electron chi connectivity index (χ3n) is 4.49. The van der Waals surface area contributed by atoms with Crippen molar-refractivity contribution in [3.05, 3.63) is 72.0 Å². The van der Waals surface area contributed by atoms with Crippen molar-refractivity contribution in [2.45, 2.75) is 33.2 Å². The molecule has 1 unspecified atom stereocenters. The molecule has 5 nitrogen and oxygen atoms in total. The summed E-state index contributed by atoms with van der Waals surface area (Å²) < 4.78 is 5.99. The van der Waals surface area contributed by atoms with Crippen molar-refractivity contribution >= 4 is 22.8 Å². The van der Waals surface area contributed by atoms with Crippen LogP contribution in [-0.4, -0.2) is 18.4 Å². The first kappa shape index (κ1) is 19.7. The van der Waals surface area contributed by atoms with Crippen LogP contribution in [0.5, 0.6) is 0 Å². The molecule has 1 atom stereocenters. The van der Waals surface area contributed by atoms with E-state index in [9.17, 15) is 9.59 Å². The lowest BCUT2D eigenvalue weighted by Crippen LogP contribution is -2.38. The summed E-state index contributed by atoms with van der Waals surface area (Å²) in [5.41, 5.74) is 1.25. The van der Waals surface area contributed by atoms with Crippen molar-refractivity contribution < 1.29 is 14.0 Å². The fourth-order valence-electron chi connectivity index (χ4n) is 2.90. The van der Waals surface area contributed by atoms with Crippen LogP contribution in [0, 0.1) is 5.41 Å². The molecular weight excluding hydrogens is 352 g/mol. The second kappa shape index (κ2) is 8.30. The van der Waals surface area contributed by atoms with Gasteiger partial charge in [-0.05, 0) is 17.7 Å². The molecule has 2 amide bonds. The lowest BCUT2D eigenvalue weighted by molar-refractivity contribution is -0.128. The molecule has 0 spiro atoms. The summed E-state index contributed by atoms with van der Waals surface area (Å²) in [5, 5.41) is 6.83. The van der Waals surface area contributed by atoms with E-state index in [1.54, 1.807) is 0 Å². The van der Waals surface area contributed by atoms with Gasteiger partial charge in [-0.15, -0.1) is 0 Å². The molecule has 0 aliphatic rings. The number of hydrogen-bond acceptors (Lipinski definition) is 3. The number of carbonyl (C=O) groups is 2. The maximum Gasteiger partial charge on any atom is 0.225 e. The zero-order valence-corrected chi connectivity index (χ0v) is 16.5. The molecular formula is C23H26N2O3. The lowest BCUT2D eigenvalue weighted by Gasteiger charge is -2.19. The van der Waals surface area contributed by atoms with Gasteiger partial charge in [-0.25, -0.2) is 0 Å². The van der Waals surface area contributed by atoms with Crippen molar-refractivity contribution in [2.24, 2.45) is 5.41 Å². The van der Waals surface area contributed by atoms with E-state index < -0.39 is 5.41 Å². The van der Waals surface area contributed by atoms with Crippen molar-refractivity contribution in [3.63, 3.8) is 0 Å². The highest BCUT2D eigenvalue weighted by atomic mass is 16.3. The van der Waals surface area contributed by atoms with Gasteiger partial charge in [0.1, 0.15) is 17.4 Å². The highest BCUT2D eigenvalue weighted by Crippen LogP contribution is 2.28. The van der Waals surface area contributed by atoms with Crippen LogP contribution in [0.1, 0.15) is 44.6 Å². The Bertz CT molecular complexity index is 922. The monoisotopic (exact) mass is 378 g/mol. The first-order valence-electron chi connectivity index (χ1n) is 9.46. The number of rotatable bonds is 6. The van der Waals surface area contributed by atoms with Crippen LogP contribution in [0.2, 0.25) is 0 Å². The molecule has 3 aromatic rings. The minimum Gasteiger partial charge on any atom is -0.459 e. The van der Waals surface area contributed by atoms with E-state index in [2.05, 4.69) is 10.6 Å². The molecule has 2 aromatic carbocycles. The molecule has 146 valence electrons. The van der Waals surface area contributed by atoms with Crippen LogP contribution >= 0.6 is 0 Å². The SMILES string of the molecule is CC(C)(C)C(=O)NCCC(=O)NC(c1ccccc1)c1cc2ccccc2o1. The highest BCUT2D eigenvalue weighted by molar-refractivity contribution is 5.83. The Morgan fingerprint density at radius 1 is 1.00 bits per heavy atom. The Kier molecular flexibility index (Phi) is 5.83. The van der Waals surface area contributed by atoms with Crippen LogP contribution < -0.4 is 10.6 Å². The van der Waals surface area contributed by atoms with E-state index in [1.807, 2.05) is 81.4 Å². The van der Waals surface area contributed by atoms with Gasteiger partial charge in [0, 0.05) is 23.8 Å².